The van der Waals surface area contributed by atoms with Crippen molar-refractivity contribution in [3.63, 3.8) is 0 Å². The average molecular weight is 524 g/mol. The van der Waals surface area contributed by atoms with Crippen LogP contribution in [0.15, 0.2) is 47.3 Å². The van der Waals surface area contributed by atoms with Gasteiger partial charge in [-0.3, -0.25) is 4.79 Å². The quantitative estimate of drug-likeness (QED) is 0.265. The number of carbonyl (C=O) groups is 1. The molecule has 1 saturated heterocycles. The highest BCUT2D eigenvalue weighted by Gasteiger charge is 2.61. The minimum Gasteiger partial charge on any atom is -0.389 e. The van der Waals surface area contributed by atoms with E-state index in [1.807, 2.05) is 24.3 Å². The highest BCUT2D eigenvalue weighted by molar-refractivity contribution is 9.10. The average Bonchev–Trinajstić information content (AvgIpc) is 3.46. The molecule has 11 heteroatoms. The summed E-state index contributed by atoms with van der Waals surface area (Å²) in [6.07, 6.45) is 1.35. The van der Waals surface area contributed by atoms with Gasteiger partial charge in [0.2, 0.25) is 5.91 Å². The van der Waals surface area contributed by atoms with E-state index in [0.717, 1.165) is 20.9 Å². The molecule has 1 aliphatic heterocycles. The van der Waals surface area contributed by atoms with Crippen molar-refractivity contribution in [2.24, 2.45) is 5.41 Å². The van der Waals surface area contributed by atoms with Crippen molar-refractivity contribution >= 4 is 55.4 Å². The number of nitrogens with one attached hydrogen (secondary N) is 1. The zero-order valence-corrected chi connectivity index (χ0v) is 19.5. The predicted octanol–water partition coefficient (Wildman–Crippen LogP) is 1.82. The van der Waals surface area contributed by atoms with Gasteiger partial charge in [-0.2, -0.15) is 0 Å². The molecule has 4 heterocycles. The highest BCUT2D eigenvalue weighted by atomic mass is 79.9. The van der Waals surface area contributed by atoms with Gasteiger partial charge in [0, 0.05) is 11.6 Å². The minimum absolute atomic E-state index is 0.261. The molecule has 1 amide bonds. The normalized spacial score (nSPS) is 28.9. The molecule has 0 unspecified atom stereocenters. The third-order valence-corrected chi connectivity index (χ3v) is 7.94. The van der Waals surface area contributed by atoms with Crippen LogP contribution in [0.4, 0.5) is 11.6 Å². The Labute approximate surface area is 202 Å². The molecule has 1 aliphatic carbocycles. The van der Waals surface area contributed by atoms with Crippen molar-refractivity contribution in [3.05, 3.63) is 52.9 Å². The van der Waals surface area contributed by atoms with Gasteiger partial charge in [-0.1, -0.05) is 12.1 Å². The monoisotopic (exact) mass is 523 g/mol. The summed E-state index contributed by atoms with van der Waals surface area (Å²) in [6.45, 7) is 0. The molecule has 1 spiro atoms. The summed E-state index contributed by atoms with van der Waals surface area (Å²) in [7, 11) is 0. The molecular weight excluding hydrogens is 502 g/mol. The number of anilines is 2. The first kappa shape index (κ1) is 21.3. The number of carbonyl (C=O) groups excluding carboxylic acids is 1. The van der Waals surface area contributed by atoms with Crippen molar-refractivity contribution in [2.75, 3.05) is 11.5 Å². The van der Waals surface area contributed by atoms with Crippen LogP contribution in [0.2, 0.25) is 0 Å². The fourth-order valence-electron chi connectivity index (χ4n) is 5.51. The molecule has 3 aromatic heterocycles. The van der Waals surface area contributed by atoms with E-state index >= 15 is 0 Å². The van der Waals surface area contributed by atoms with E-state index in [9.17, 15) is 15.0 Å². The molecule has 1 aromatic carbocycles. The summed E-state index contributed by atoms with van der Waals surface area (Å²) in [4.78, 5) is 26.0. The largest absolute Gasteiger partial charge is 0.389 e. The van der Waals surface area contributed by atoms with E-state index in [4.69, 9.17) is 11.5 Å². The lowest BCUT2D eigenvalue weighted by molar-refractivity contribution is -0.134. The van der Waals surface area contributed by atoms with E-state index in [1.54, 1.807) is 16.8 Å². The van der Waals surface area contributed by atoms with Crippen LogP contribution in [0.25, 0.3) is 21.9 Å². The summed E-state index contributed by atoms with van der Waals surface area (Å²) < 4.78 is 2.50. The van der Waals surface area contributed by atoms with E-state index < -0.39 is 23.7 Å². The molecule has 34 heavy (non-hydrogen) atoms. The number of fused-ring (bicyclic) bond motifs is 2. The number of amides is 1. The smallest absolute Gasteiger partial charge is 0.229 e. The molecule has 7 N–H and O–H groups in total. The molecule has 10 nitrogen and oxygen atoms in total. The van der Waals surface area contributed by atoms with E-state index in [1.165, 1.54) is 6.33 Å². The van der Waals surface area contributed by atoms with Gasteiger partial charge < -0.3 is 31.6 Å². The molecule has 6 rings (SSSR count). The number of hydrogen-bond acceptors (Lipinski definition) is 8. The van der Waals surface area contributed by atoms with Gasteiger partial charge in [0.15, 0.2) is 0 Å². The van der Waals surface area contributed by atoms with Crippen LogP contribution >= 0.6 is 15.9 Å². The lowest BCUT2D eigenvalue weighted by atomic mass is 9.79. The van der Waals surface area contributed by atoms with Gasteiger partial charge in [-0.15, -0.1) is 0 Å². The van der Waals surface area contributed by atoms with E-state index in [-0.39, 0.29) is 18.4 Å². The zero-order valence-electron chi connectivity index (χ0n) is 17.9. The Kier molecular flexibility index (Phi) is 4.60. The molecule has 4 aromatic rings. The van der Waals surface area contributed by atoms with Crippen LogP contribution < -0.4 is 16.8 Å². The van der Waals surface area contributed by atoms with Crippen molar-refractivity contribution in [1.29, 1.82) is 0 Å². The Morgan fingerprint density at radius 1 is 1.12 bits per heavy atom. The van der Waals surface area contributed by atoms with Gasteiger partial charge in [0.25, 0.3) is 0 Å². The fraction of sp³-hybridized carbons (Fsp3) is 0.304. The number of benzene rings is 1. The number of nitrogens with zero attached hydrogens (tertiary/aromatic N) is 4. The fourth-order valence-corrected chi connectivity index (χ4v) is 5.84. The van der Waals surface area contributed by atoms with Crippen LogP contribution in [0.3, 0.4) is 0 Å². The maximum atomic E-state index is 13.3. The van der Waals surface area contributed by atoms with Crippen molar-refractivity contribution in [1.82, 2.24) is 24.8 Å². The van der Waals surface area contributed by atoms with Crippen LogP contribution in [0.1, 0.15) is 30.5 Å². The standard InChI is InChI=1S/C23H22BrN7O3/c24-13-5-10-1-2-11(6-14(10)29-20(13)26)15-7-23(22(34)30-15)8-16(17(32)18(23)33)31-4-3-12-19(25)27-9-28-21(12)31/h1-6,9,15-18,32-33H,7-8H2,(H2,26,29)(H,30,34)(H2,25,27,28)/t15-,16-,17+,18+,23-/m1/s1. The lowest BCUT2D eigenvalue weighted by Crippen LogP contribution is -2.41. The summed E-state index contributed by atoms with van der Waals surface area (Å²) in [5.74, 6) is 0.445. The molecule has 174 valence electrons. The van der Waals surface area contributed by atoms with Gasteiger partial charge in [-0.25, -0.2) is 15.0 Å². The topological polar surface area (TPSA) is 165 Å². The van der Waals surface area contributed by atoms with Gasteiger partial charge >= 0.3 is 0 Å². The van der Waals surface area contributed by atoms with Crippen LogP contribution in [-0.4, -0.2) is 47.8 Å². The number of aromatic nitrogens is 4. The second-order valence-corrected chi connectivity index (χ2v) is 9.97. The number of halogens is 1. The first-order chi connectivity index (χ1) is 16.3. The van der Waals surface area contributed by atoms with Crippen LogP contribution in [0.5, 0.6) is 0 Å². The van der Waals surface area contributed by atoms with Crippen molar-refractivity contribution < 1.29 is 15.0 Å². The minimum atomic E-state index is -1.23. The summed E-state index contributed by atoms with van der Waals surface area (Å²) >= 11 is 3.39. The molecule has 0 bridgehead atoms. The predicted molar refractivity (Wildman–Crippen MR) is 129 cm³/mol. The third-order valence-electron chi connectivity index (χ3n) is 7.31. The molecule has 2 aliphatic rings. The zero-order chi connectivity index (χ0) is 23.8. The summed E-state index contributed by atoms with van der Waals surface area (Å²) in [5, 5.41) is 26.7. The number of rotatable bonds is 2. The van der Waals surface area contributed by atoms with Gasteiger partial charge in [0.05, 0.1) is 39.0 Å². The maximum absolute atomic E-state index is 13.3. The SMILES string of the molecule is Nc1nc2cc([C@H]3C[C@]4(C[C@@H](n5ccc6c(N)ncnc65)[C@H](O)[C@@H]4O)C(=O)N3)ccc2cc1Br. The maximum Gasteiger partial charge on any atom is 0.229 e. The first-order valence-corrected chi connectivity index (χ1v) is 11.7. The lowest BCUT2D eigenvalue weighted by Gasteiger charge is -2.24. The number of hydrogen-bond donors (Lipinski definition) is 5. The first-order valence-electron chi connectivity index (χ1n) is 10.9. The van der Waals surface area contributed by atoms with Crippen molar-refractivity contribution in [2.45, 2.75) is 37.1 Å². The number of aliphatic hydroxyl groups is 2. The number of nitrogen functional groups attached to an aromatic ring is 2. The Hall–Kier alpha value is -3.28. The summed E-state index contributed by atoms with van der Waals surface area (Å²) in [6, 6.07) is 8.57. The Balaban J connectivity index is 1.34. The third kappa shape index (κ3) is 2.93. The second-order valence-electron chi connectivity index (χ2n) is 9.12. The molecule has 5 atom stereocenters. The van der Waals surface area contributed by atoms with E-state index in [0.29, 0.717) is 29.1 Å². The van der Waals surface area contributed by atoms with Gasteiger partial charge in [-0.05, 0) is 52.5 Å². The molecule has 2 fully saturated rings. The second kappa shape index (κ2) is 7.36. The Morgan fingerprint density at radius 3 is 2.76 bits per heavy atom. The number of aliphatic hydroxyl groups excluding tert-OH is 2. The van der Waals surface area contributed by atoms with Crippen molar-refractivity contribution in [3.8, 4) is 0 Å². The highest BCUT2D eigenvalue weighted by Crippen LogP contribution is 2.53. The number of nitrogens with two attached hydrogens (primary N) is 2. The van der Waals surface area contributed by atoms with E-state index in [2.05, 4.69) is 36.2 Å². The Bertz CT molecular complexity index is 1470. The van der Waals surface area contributed by atoms with Gasteiger partial charge in [0.1, 0.15) is 29.7 Å². The molecular formula is C23H22BrN7O3. The Morgan fingerprint density at radius 2 is 1.94 bits per heavy atom. The summed E-state index contributed by atoms with van der Waals surface area (Å²) in [5.41, 5.74) is 12.9. The van der Waals surface area contributed by atoms with Crippen LogP contribution in [-0.2, 0) is 4.79 Å². The molecule has 1 saturated carbocycles. The molecule has 0 radical (unpaired) electrons. The number of pyridine rings is 1. The van der Waals surface area contributed by atoms with Crippen LogP contribution in [0, 0.1) is 5.41 Å².